The van der Waals surface area contributed by atoms with Crippen LogP contribution in [0.4, 0.5) is 4.79 Å². The van der Waals surface area contributed by atoms with E-state index in [1.54, 1.807) is 0 Å². The zero-order chi connectivity index (χ0) is 23.3. The lowest BCUT2D eigenvalue weighted by atomic mass is 9.98. The van der Waals surface area contributed by atoms with Crippen molar-refractivity contribution in [2.45, 2.75) is 56.4 Å². The summed E-state index contributed by atoms with van der Waals surface area (Å²) in [6.45, 7) is 0.730. The maximum absolute atomic E-state index is 12.6. The van der Waals surface area contributed by atoms with Crippen molar-refractivity contribution < 1.29 is 24.2 Å². The van der Waals surface area contributed by atoms with Crippen molar-refractivity contribution in [2.75, 3.05) is 13.2 Å². The van der Waals surface area contributed by atoms with Crippen molar-refractivity contribution in [1.82, 2.24) is 10.6 Å². The summed E-state index contributed by atoms with van der Waals surface area (Å²) in [5, 5.41) is 14.3. The van der Waals surface area contributed by atoms with E-state index in [1.807, 2.05) is 24.3 Å². The molecule has 2 aromatic carbocycles. The minimum absolute atomic E-state index is 0.0201. The molecule has 0 unspecified atom stereocenters. The van der Waals surface area contributed by atoms with Gasteiger partial charge < -0.3 is 20.5 Å². The zero-order valence-corrected chi connectivity index (χ0v) is 18.6. The number of nitrogens with one attached hydrogen (secondary N) is 2. The first-order chi connectivity index (χ1) is 16.0. The van der Waals surface area contributed by atoms with Gasteiger partial charge in [0.05, 0.1) is 0 Å². The number of fused-ring (bicyclic) bond motifs is 3. The summed E-state index contributed by atoms with van der Waals surface area (Å²) in [4.78, 5) is 35.6. The third kappa shape index (κ3) is 5.35. The van der Waals surface area contributed by atoms with Gasteiger partial charge in [-0.15, -0.1) is 0 Å². The van der Waals surface area contributed by atoms with Crippen LogP contribution in [-0.2, 0) is 14.3 Å². The van der Waals surface area contributed by atoms with E-state index in [1.165, 1.54) is 11.1 Å². The molecule has 0 aromatic heterocycles. The first-order valence-electron chi connectivity index (χ1n) is 11.6. The van der Waals surface area contributed by atoms with Crippen molar-refractivity contribution in [3.8, 4) is 11.1 Å². The maximum Gasteiger partial charge on any atom is 0.408 e. The predicted octanol–water partition coefficient (Wildman–Crippen LogP) is 4.21. The Morgan fingerprint density at radius 2 is 1.52 bits per heavy atom. The Morgan fingerprint density at radius 3 is 2.12 bits per heavy atom. The topological polar surface area (TPSA) is 105 Å². The third-order valence-corrected chi connectivity index (χ3v) is 6.47. The van der Waals surface area contributed by atoms with Crippen LogP contribution in [0.2, 0.25) is 0 Å². The largest absolute Gasteiger partial charge is 0.481 e. The Balaban J connectivity index is 1.23. The first-order valence-corrected chi connectivity index (χ1v) is 11.6. The van der Waals surface area contributed by atoms with Gasteiger partial charge in [-0.1, -0.05) is 61.4 Å². The summed E-state index contributed by atoms with van der Waals surface area (Å²) in [5.74, 6) is -0.979. The SMILES string of the molecule is O=C(O)CCCCCCNC(=O)C1(NC(=O)OCC2c3ccccc3-c3ccccc32)CC1. The molecule has 33 heavy (non-hydrogen) atoms. The first kappa shape index (κ1) is 22.8. The Labute approximate surface area is 193 Å². The number of carbonyl (C=O) groups excluding carboxylic acids is 2. The van der Waals surface area contributed by atoms with E-state index in [4.69, 9.17) is 9.84 Å². The molecule has 0 atom stereocenters. The molecule has 2 amide bonds. The van der Waals surface area contributed by atoms with Gasteiger partial charge in [0.2, 0.25) is 5.91 Å². The van der Waals surface area contributed by atoms with Gasteiger partial charge in [0, 0.05) is 18.9 Å². The summed E-state index contributed by atoms with van der Waals surface area (Å²) in [6.07, 6.45) is 3.93. The molecule has 0 radical (unpaired) electrons. The van der Waals surface area contributed by atoms with Crippen molar-refractivity contribution in [3.05, 3.63) is 59.7 Å². The molecule has 1 fully saturated rings. The summed E-state index contributed by atoms with van der Waals surface area (Å²) in [6, 6.07) is 16.3. The van der Waals surface area contributed by atoms with Gasteiger partial charge in [0.25, 0.3) is 0 Å². The summed E-state index contributed by atoms with van der Waals surface area (Å²) in [7, 11) is 0. The molecule has 0 spiro atoms. The standard InChI is InChI=1S/C26H30N2O5/c29-23(30)13-3-1-2-8-16-27-24(31)26(14-15-26)28-25(32)33-17-22-20-11-6-4-9-18(20)19-10-5-7-12-21(19)22/h4-7,9-12,22H,1-3,8,13-17H2,(H,27,31)(H,28,32)(H,29,30). The van der Waals surface area contributed by atoms with Gasteiger partial charge >= 0.3 is 12.1 Å². The highest BCUT2D eigenvalue weighted by Gasteiger charge is 2.51. The second kappa shape index (κ2) is 10.1. The lowest BCUT2D eigenvalue weighted by Gasteiger charge is -2.19. The van der Waals surface area contributed by atoms with Crippen LogP contribution in [-0.4, -0.2) is 41.8 Å². The lowest BCUT2D eigenvalue weighted by Crippen LogP contribution is -2.49. The number of ether oxygens (including phenoxy) is 1. The van der Waals surface area contributed by atoms with Crippen molar-refractivity contribution in [3.63, 3.8) is 0 Å². The summed E-state index contributed by atoms with van der Waals surface area (Å²) < 4.78 is 5.58. The van der Waals surface area contributed by atoms with Crippen LogP contribution in [0, 0.1) is 0 Å². The molecular weight excluding hydrogens is 420 g/mol. The minimum atomic E-state index is -0.869. The fraction of sp³-hybridized carbons (Fsp3) is 0.423. The Bertz CT molecular complexity index is 985. The van der Waals surface area contributed by atoms with Gasteiger partial charge in [-0.05, 0) is 47.9 Å². The van der Waals surface area contributed by atoms with Crippen LogP contribution in [0.15, 0.2) is 48.5 Å². The van der Waals surface area contributed by atoms with Crippen LogP contribution >= 0.6 is 0 Å². The number of carboxylic acid groups (broad SMARTS) is 1. The van der Waals surface area contributed by atoms with E-state index in [-0.39, 0.29) is 24.9 Å². The Kier molecular flexibility index (Phi) is 6.96. The van der Waals surface area contributed by atoms with E-state index in [9.17, 15) is 14.4 Å². The Hall–Kier alpha value is -3.35. The highest BCUT2D eigenvalue weighted by molar-refractivity contribution is 5.92. The van der Waals surface area contributed by atoms with Gasteiger partial charge in [0.15, 0.2) is 0 Å². The molecule has 2 aliphatic carbocycles. The molecule has 2 aromatic rings. The van der Waals surface area contributed by atoms with Crippen LogP contribution in [0.1, 0.15) is 62.0 Å². The van der Waals surface area contributed by atoms with Crippen molar-refractivity contribution >= 4 is 18.0 Å². The quantitative estimate of drug-likeness (QED) is 0.445. The van der Waals surface area contributed by atoms with Crippen molar-refractivity contribution in [1.29, 1.82) is 0 Å². The number of carbonyl (C=O) groups is 3. The molecule has 3 N–H and O–H groups in total. The molecule has 4 rings (SSSR count). The fourth-order valence-electron chi connectivity index (χ4n) is 4.49. The molecule has 7 heteroatoms. The number of unbranched alkanes of at least 4 members (excludes halogenated alkanes) is 3. The summed E-state index contributed by atoms with van der Waals surface area (Å²) >= 11 is 0. The normalized spacial score (nSPS) is 15.3. The molecule has 0 aliphatic heterocycles. The molecule has 1 saturated carbocycles. The number of amides is 2. The molecule has 2 aliphatic rings. The number of carboxylic acids is 1. The second-order valence-electron chi connectivity index (χ2n) is 8.85. The van der Waals surface area contributed by atoms with Gasteiger partial charge in [-0.3, -0.25) is 9.59 Å². The smallest absolute Gasteiger partial charge is 0.408 e. The van der Waals surface area contributed by atoms with E-state index in [2.05, 4.69) is 34.9 Å². The van der Waals surface area contributed by atoms with Crippen LogP contribution < -0.4 is 10.6 Å². The highest BCUT2D eigenvalue weighted by atomic mass is 16.5. The van der Waals surface area contributed by atoms with E-state index < -0.39 is 17.6 Å². The molecule has 0 heterocycles. The highest BCUT2D eigenvalue weighted by Crippen LogP contribution is 2.44. The predicted molar refractivity (Wildman–Crippen MR) is 124 cm³/mol. The number of alkyl carbamates (subject to hydrolysis) is 1. The van der Waals surface area contributed by atoms with Crippen LogP contribution in [0.3, 0.4) is 0 Å². The number of hydrogen-bond donors (Lipinski definition) is 3. The van der Waals surface area contributed by atoms with Crippen molar-refractivity contribution in [2.24, 2.45) is 0 Å². The molecule has 174 valence electrons. The maximum atomic E-state index is 12.6. The number of hydrogen-bond acceptors (Lipinski definition) is 4. The average molecular weight is 451 g/mol. The second-order valence-corrected chi connectivity index (χ2v) is 8.85. The van der Waals surface area contributed by atoms with Gasteiger partial charge in [-0.25, -0.2) is 4.79 Å². The third-order valence-electron chi connectivity index (χ3n) is 6.47. The summed E-state index contributed by atoms with van der Waals surface area (Å²) in [5.41, 5.74) is 3.76. The Morgan fingerprint density at radius 1 is 0.909 bits per heavy atom. The van der Waals surface area contributed by atoms with E-state index in [0.717, 1.165) is 30.4 Å². The van der Waals surface area contributed by atoms with E-state index in [0.29, 0.717) is 25.8 Å². The fourth-order valence-corrected chi connectivity index (χ4v) is 4.49. The zero-order valence-electron chi connectivity index (χ0n) is 18.6. The molecule has 0 saturated heterocycles. The number of benzene rings is 2. The molecular formula is C26H30N2O5. The number of rotatable bonds is 11. The van der Waals surface area contributed by atoms with Gasteiger partial charge in [-0.2, -0.15) is 0 Å². The lowest BCUT2D eigenvalue weighted by molar-refractivity contribution is -0.137. The minimum Gasteiger partial charge on any atom is -0.481 e. The number of aliphatic carboxylic acids is 1. The average Bonchev–Trinajstić information content (AvgIpc) is 3.52. The molecule has 0 bridgehead atoms. The monoisotopic (exact) mass is 450 g/mol. The van der Waals surface area contributed by atoms with Crippen LogP contribution in [0.25, 0.3) is 11.1 Å². The van der Waals surface area contributed by atoms with Crippen LogP contribution in [0.5, 0.6) is 0 Å². The van der Waals surface area contributed by atoms with E-state index >= 15 is 0 Å². The van der Waals surface area contributed by atoms with Gasteiger partial charge in [0.1, 0.15) is 12.1 Å². The molecule has 7 nitrogen and oxygen atoms in total.